The number of fused-ring (bicyclic) bond motifs is 1. The second-order valence-corrected chi connectivity index (χ2v) is 8.81. The Morgan fingerprint density at radius 2 is 2.10 bits per heavy atom. The minimum Gasteiger partial charge on any atom is -0.443 e. The van der Waals surface area contributed by atoms with Gasteiger partial charge in [0, 0.05) is 23.3 Å². The average Bonchev–Trinajstić information content (AvgIpc) is 3.44. The van der Waals surface area contributed by atoms with Gasteiger partial charge in [0.1, 0.15) is 11.9 Å². The first-order valence-electron chi connectivity index (χ1n) is 10.3. The topological polar surface area (TPSA) is 98.6 Å². The quantitative estimate of drug-likeness (QED) is 0.621. The number of nitrogens with zero attached hydrogens (tertiary/aromatic N) is 6. The van der Waals surface area contributed by atoms with E-state index in [1.54, 1.807) is 12.4 Å². The highest BCUT2D eigenvalue weighted by molar-refractivity contribution is 5.95. The maximum absolute atomic E-state index is 12.5. The van der Waals surface area contributed by atoms with Crippen molar-refractivity contribution in [2.45, 2.75) is 64.5 Å². The lowest BCUT2D eigenvalue weighted by molar-refractivity contribution is 0.0543. The van der Waals surface area contributed by atoms with Gasteiger partial charge in [-0.2, -0.15) is 10.4 Å². The van der Waals surface area contributed by atoms with E-state index in [-0.39, 0.29) is 6.04 Å². The molecular weight excluding hydrogens is 380 g/mol. The molecule has 0 bridgehead atoms. The molecule has 0 saturated heterocycles. The molecule has 1 aliphatic rings. The number of carbonyl (C=O) groups excluding carboxylic acids is 1. The summed E-state index contributed by atoms with van der Waals surface area (Å²) in [6.45, 7) is 5.48. The molecule has 0 aromatic carbocycles. The van der Waals surface area contributed by atoms with Gasteiger partial charge in [0.25, 0.3) is 0 Å². The second-order valence-electron chi connectivity index (χ2n) is 8.81. The molecule has 3 aromatic heterocycles. The molecule has 4 rings (SSSR count). The van der Waals surface area contributed by atoms with Crippen LogP contribution in [0.3, 0.4) is 0 Å². The van der Waals surface area contributed by atoms with Crippen LogP contribution in [0.15, 0.2) is 31.0 Å². The zero-order valence-corrected chi connectivity index (χ0v) is 17.6. The van der Waals surface area contributed by atoms with Gasteiger partial charge < -0.3 is 4.74 Å². The van der Waals surface area contributed by atoms with Gasteiger partial charge in [0.05, 0.1) is 30.4 Å². The number of ether oxygens (including phenoxy) is 1. The fraction of sp³-hybridized carbons (Fsp3) is 0.500. The van der Waals surface area contributed by atoms with Gasteiger partial charge in [-0.05, 0) is 45.6 Å². The minimum absolute atomic E-state index is 0.0786. The van der Waals surface area contributed by atoms with Crippen LogP contribution in [0, 0.1) is 17.2 Å². The largest absolute Gasteiger partial charge is 0.443 e. The molecule has 1 aliphatic carbocycles. The Bertz CT molecular complexity index is 1090. The number of aromatic nitrogens is 5. The normalized spacial score (nSPS) is 15.9. The van der Waals surface area contributed by atoms with Crippen molar-refractivity contribution < 1.29 is 9.53 Å². The van der Waals surface area contributed by atoms with Crippen LogP contribution >= 0.6 is 0 Å². The monoisotopic (exact) mass is 406 g/mol. The van der Waals surface area contributed by atoms with Gasteiger partial charge in [-0.1, -0.05) is 12.8 Å². The third-order valence-electron chi connectivity index (χ3n) is 5.53. The number of carbonyl (C=O) groups is 1. The molecule has 8 nitrogen and oxygen atoms in total. The summed E-state index contributed by atoms with van der Waals surface area (Å²) >= 11 is 0. The lowest BCUT2D eigenvalue weighted by Crippen LogP contribution is -2.26. The lowest BCUT2D eigenvalue weighted by Gasteiger charge is -2.21. The van der Waals surface area contributed by atoms with Crippen molar-refractivity contribution in [3.8, 4) is 17.3 Å². The maximum Gasteiger partial charge on any atom is 0.420 e. The molecule has 1 atom stereocenters. The standard InChI is InChI=1S/C22H26N6O2/c1-22(2,3)30-21(29)27-11-9-17-19(24-14-25-20(17)27)16-12-26-28(13-16)18(8-10-23)15-6-4-5-7-15/h9,11-15,18H,4-8H2,1-3H3. The van der Waals surface area contributed by atoms with E-state index >= 15 is 0 Å². The van der Waals surface area contributed by atoms with Crippen molar-refractivity contribution in [3.05, 3.63) is 31.0 Å². The molecule has 1 saturated carbocycles. The van der Waals surface area contributed by atoms with Gasteiger partial charge in [-0.3, -0.25) is 4.68 Å². The van der Waals surface area contributed by atoms with Crippen LogP contribution in [0.25, 0.3) is 22.3 Å². The van der Waals surface area contributed by atoms with Crippen molar-refractivity contribution in [3.63, 3.8) is 0 Å². The summed E-state index contributed by atoms with van der Waals surface area (Å²) < 4.78 is 8.78. The van der Waals surface area contributed by atoms with Crippen molar-refractivity contribution in [2.75, 3.05) is 0 Å². The molecule has 0 radical (unpaired) electrons. The van der Waals surface area contributed by atoms with Crippen LogP contribution < -0.4 is 0 Å². The van der Waals surface area contributed by atoms with E-state index in [2.05, 4.69) is 21.1 Å². The summed E-state index contributed by atoms with van der Waals surface area (Å²) in [5, 5.41) is 14.6. The zero-order chi connectivity index (χ0) is 21.3. The second kappa shape index (κ2) is 7.90. The molecule has 1 unspecified atom stereocenters. The lowest BCUT2D eigenvalue weighted by atomic mass is 9.96. The average molecular weight is 406 g/mol. The van der Waals surface area contributed by atoms with E-state index in [1.165, 1.54) is 23.7 Å². The van der Waals surface area contributed by atoms with E-state index < -0.39 is 11.7 Å². The Morgan fingerprint density at radius 1 is 1.33 bits per heavy atom. The fourth-order valence-electron chi connectivity index (χ4n) is 4.19. The maximum atomic E-state index is 12.5. The first-order chi connectivity index (χ1) is 14.4. The molecule has 0 aliphatic heterocycles. The van der Waals surface area contributed by atoms with Gasteiger partial charge >= 0.3 is 6.09 Å². The molecule has 156 valence electrons. The smallest absolute Gasteiger partial charge is 0.420 e. The first-order valence-corrected chi connectivity index (χ1v) is 10.3. The predicted octanol–water partition coefficient (Wildman–Crippen LogP) is 4.72. The highest BCUT2D eigenvalue weighted by atomic mass is 16.6. The highest BCUT2D eigenvalue weighted by Gasteiger charge is 2.27. The van der Waals surface area contributed by atoms with Crippen molar-refractivity contribution >= 4 is 17.1 Å². The molecule has 0 N–H and O–H groups in total. The number of hydrogen-bond donors (Lipinski definition) is 0. The molecular formula is C22H26N6O2. The molecule has 3 aromatic rings. The van der Waals surface area contributed by atoms with Crippen molar-refractivity contribution in [1.29, 1.82) is 5.26 Å². The number of hydrogen-bond acceptors (Lipinski definition) is 6. The molecule has 3 heterocycles. The van der Waals surface area contributed by atoms with Crippen LogP contribution in [0.2, 0.25) is 0 Å². The highest BCUT2D eigenvalue weighted by Crippen LogP contribution is 2.36. The Kier molecular flexibility index (Phi) is 5.29. The van der Waals surface area contributed by atoms with Crippen LogP contribution in [0.4, 0.5) is 4.79 Å². The Hall–Kier alpha value is -3.21. The van der Waals surface area contributed by atoms with Gasteiger partial charge in [-0.15, -0.1) is 0 Å². The summed E-state index contributed by atoms with van der Waals surface area (Å²) in [4.78, 5) is 21.3. The van der Waals surface area contributed by atoms with E-state index in [1.807, 2.05) is 37.7 Å². The summed E-state index contributed by atoms with van der Waals surface area (Å²) in [6.07, 6.45) is 11.5. The summed E-state index contributed by atoms with van der Waals surface area (Å²) in [5.74, 6) is 0.482. The number of rotatable bonds is 4. The van der Waals surface area contributed by atoms with Crippen LogP contribution in [0.5, 0.6) is 0 Å². The predicted molar refractivity (Wildman–Crippen MR) is 112 cm³/mol. The van der Waals surface area contributed by atoms with E-state index in [4.69, 9.17) is 4.74 Å². The third-order valence-corrected chi connectivity index (χ3v) is 5.53. The molecule has 1 fully saturated rings. The minimum atomic E-state index is -0.597. The Morgan fingerprint density at radius 3 is 2.80 bits per heavy atom. The zero-order valence-electron chi connectivity index (χ0n) is 17.6. The summed E-state index contributed by atoms with van der Waals surface area (Å²) in [7, 11) is 0. The van der Waals surface area contributed by atoms with Crippen LogP contribution in [-0.2, 0) is 4.74 Å². The van der Waals surface area contributed by atoms with Gasteiger partial charge in [0.2, 0.25) is 0 Å². The van der Waals surface area contributed by atoms with Gasteiger partial charge in [-0.25, -0.2) is 19.3 Å². The number of nitriles is 1. The van der Waals surface area contributed by atoms with E-state index in [9.17, 15) is 10.1 Å². The fourth-order valence-corrected chi connectivity index (χ4v) is 4.19. The van der Waals surface area contributed by atoms with E-state index in [0.29, 0.717) is 23.7 Å². The van der Waals surface area contributed by atoms with Gasteiger partial charge in [0.15, 0.2) is 5.65 Å². The van der Waals surface area contributed by atoms with Crippen LogP contribution in [0.1, 0.15) is 58.9 Å². The van der Waals surface area contributed by atoms with Crippen molar-refractivity contribution in [2.24, 2.45) is 5.92 Å². The van der Waals surface area contributed by atoms with E-state index in [0.717, 1.165) is 23.8 Å². The van der Waals surface area contributed by atoms with Crippen LogP contribution in [-0.4, -0.2) is 36.0 Å². The summed E-state index contributed by atoms with van der Waals surface area (Å²) in [6, 6.07) is 4.21. The summed E-state index contributed by atoms with van der Waals surface area (Å²) in [5.41, 5.74) is 1.44. The Labute approximate surface area is 175 Å². The first kappa shape index (κ1) is 20.1. The SMILES string of the molecule is CC(C)(C)OC(=O)n1ccc2c(-c3cnn(C(CC#N)C4CCCC4)c3)ncnc21. The molecule has 8 heteroatoms. The third kappa shape index (κ3) is 3.92. The molecule has 30 heavy (non-hydrogen) atoms. The Balaban J connectivity index is 1.67. The molecule has 0 amide bonds. The molecule has 0 spiro atoms. The van der Waals surface area contributed by atoms with Crippen molar-refractivity contribution in [1.82, 2.24) is 24.3 Å².